The summed E-state index contributed by atoms with van der Waals surface area (Å²) in [5.74, 6) is 0.841. The van der Waals surface area contributed by atoms with Crippen LogP contribution in [0.5, 0.6) is 5.75 Å². The molecule has 6 heteroatoms. The number of benzene rings is 2. The molecule has 2 aromatic carbocycles. The number of methoxy groups -OCH3 is 1. The van der Waals surface area contributed by atoms with Crippen molar-refractivity contribution in [1.82, 2.24) is 9.88 Å². The van der Waals surface area contributed by atoms with Gasteiger partial charge in [0.1, 0.15) is 5.75 Å². The van der Waals surface area contributed by atoms with Gasteiger partial charge in [0, 0.05) is 35.6 Å². The van der Waals surface area contributed by atoms with Crippen LogP contribution in [0.4, 0.5) is 5.69 Å². The van der Waals surface area contributed by atoms with E-state index in [0.29, 0.717) is 18.2 Å². The molecule has 0 saturated carbocycles. The van der Waals surface area contributed by atoms with Crippen LogP contribution in [0.3, 0.4) is 0 Å². The Morgan fingerprint density at radius 3 is 2.37 bits per heavy atom. The van der Waals surface area contributed by atoms with Crippen molar-refractivity contribution < 1.29 is 4.74 Å². The highest BCUT2D eigenvalue weighted by molar-refractivity contribution is 9.10. The van der Waals surface area contributed by atoms with Gasteiger partial charge in [0.15, 0.2) is 5.11 Å². The molecule has 4 nitrogen and oxygen atoms in total. The number of nitrogens with one attached hydrogen (secondary N) is 1. The lowest BCUT2D eigenvalue weighted by molar-refractivity contribution is 0.407. The monoisotopic (exact) mass is 441 g/mol. The summed E-state index contributed by atoms with van der Waals surface area (Å²) < 4.78 is 6.27. The summed E-state index contributed by atoms with van der Waals surface area (Å²) in [7, 11) is 1.67. The maximum absolute atomic E-state index is 5.70. The molecule has 0 aliphatic carbocycles. The first-order valence-corrected chi connectivity index (χ1v) is 9.67. The van der Waals surface area contributed by atoms with E-state index in [1.165, 1.54) is 0 Å². The Morgan fingerprint density at radius 2 is 1.74 bits per heavy atom. The lowest BCUT2D eigenvalue weighted by Crippen LogP contribution is -2.33. The number of hydrogen-bond acceptors (Lipinski definition) is 3. The van der Waals surface area contributed by atoms with Crippen LogP contribution < -0.4 is 10.1 Å². The summed E-state index contributed by atoms with van der Waals surface area (Å²) in [6.45, 7) is 1.35. The molecule has 138 valence electrons. The predicted octanol–water partition coefficient (Wildman–Crippen LogP) is 5.25. The second-order valence-electron chi connectivity index (χ2n) is 6.00. The molecule has 0 unspecified atom stereocenters. The van der Waals surface area contributed by atoms with Gasteiger partial charge >= 0.3 is 0 Å². The molecular formula is C21H20BrN3OS. The molecule has 0 fully saturated rings. The van der Waals surface area contributed by atoms with Gasteiger partial charge in [-0.3, -0.25) is 4.98 Å². The fourth-order valence-corrected chi connectivity index (χ4v) is 3.11. The van der Waals surface area contributed by atoms with E-state index in [0.717, 1.165) is 27.0 Å². The summed E-state index contributed by atoms with van der Waals surface area (Å²) in [5.41, 5.74) is 3.21. The first kappa shape index (κ1) is 19.3. The van der Waals surface area contributed by atoms with Crippen LogP contribution in [0.25, 0.3) is 0 Å². The number of pyridine rings is 1. The molecule has 0 amide bonds. The van der Waals surface area contributed by atoms with Crippen LogP contribution in [0.1, 0.15) is 11.1 Å². The molecule has 0 aliphatic heterocycles. The van der Waals surface area contributed by atoms with Gasteiger partial charge in [-0.15, -0.1) is 0 Å². The Balaban J connectivity index is 1.77. The van der Waals surface area contributed by atoms with E-state index in [2.05, 4.69) is 49.3 Å². The van der Waals surface area contributed by atoms with Crippen molar-refractivity contribution >= 4 is 38.9 Å². The Labute approximate surface area is 173 Å². The molecule has 3 aromatic rings. The normalized spacial score (nSPS) is 10.3. The molecule has 0 atom stereocenters. The van der Waals surface area contributed by atoms with Crippen molar-refractivity contribution in [2.45, 2.75) is 13.1 Å². The van der Waals surface area contributed by atoms with Gasteiger partial charge in [-0.1, -0.05) is 34.1 Å². The van der Waals surface area contributed by atoms with Crippen molar-refractivity contribution in [2.75, 3.05) is 12.4 Å². The third kappa shape index (κ3) is 5.77. The van der Waals surface area contributed by atoms with Crippen LogP contribution in [0.15, 0.2) is 77.5 Å². The Bertz CT molecular complexity index is 870. The molecule has 3 rings (SSSR count). The van der Waals surface area contributed by atoms with Gasteiger partial charge < -0.3 is 15.0 Å². The number of anilines is 1. The van der Waals surface area contributed by atoms with Crippen LogP contribution in [0.2, 0.25) is 0 Å². The Hall–Kier alpha value is -2.44. The third-order valence-corrected chi connectivity index (χ3v) is 4.90. The third-order valence-electron chi connectivity index (χ3n) is 4.01. The number of rotatable bonds is 6. The summed E-state index contributed by atoms with van der Waals surface area (Å²) in [6, 6.07) is 20.0. The molecule has 27 heavy (non-hydrogen) atoms. The smallest absolute Gasteiger partial charge is 0.174 e. The lowest BCUT2D eigenvalue weighted by atomic mass is 10.2. The standard InChI is InChI=1S/C21H20BrN3OS/c1-26-20-10-4-16(5-11-20)14-25(15-17-3-2-12-23-13-17)21(27)24-19-8-6-18(22)7-9-19/h2-13H,14-15H2,1H3,(H,24,27). The maximum Gasteiger partial charge on any atom is 0.174 e. The first-order valence-electron chi connectivity index (χ1n) is 8.47. The molecular weight excluding hydrogens is 422 g/mol. The van der Waals surface area contributed by atoms with Gasteiger partial charge in [0.05, 0.1) is 7.11 Å². The minimum absolute atomic E-state index is 0.664. The minimum atomic E-state index is 0.664. The van der Waals surface area contributed by atoms with Gasteiger partial charge in [0.25, 0.3) is 0 Å². The van der Waals surface area contributed by atoms with E-state index in [4.69, 9.17) is 17.0 Å². The second kappa shape index (κ2) is 9.48. The molecule has 1 heterocycles. The van der Waals surface area contributed by atoms with Crippen LogP contribution >= 0.6 is 28.1 Å². The molecule has 0 aliphatic rings. The highest BCUT2D eigenvalue weighted by Gasteiger charge is 2.12. The van der Waals surface area contributed by atoms with Crippen molar-refractivity contribution in [3.05, 3.63) is 88.7 Å². The first-order chi connectivity index (χ1) is 13.1. The highest BCUT2D eigenvalue weighted by atomic mass is 79.9. The highest BCUT2D eigenvalue weighted by Crippen LogP contribution is 2.18. The van der Waals surface area contributed by atoms with E-state index >= 15 is 0 Å². The van der Waals surface area contributed by atoms with Crippen molar-refractivity contribution in [3.8, 4) is 5.75 Å². The van der Waals surface area contributed by atoms with Crippen molar-refractivity contribution in [1.29, 1.82) is 0 Å². The molecule has 0 spiro atoms. The van der Waals surface area contributed by atoms with Crippen molar-refractivity contribution in [3.63, 3.8) is 0 Å². The number of nitrogens with zero attached hydrogens (tertiary/aromatic N) is 2. The summed E-state index contributed by atoms with van der Waals surface area (Å²) in [5, 5.41) is 3.99. The van der Waals surface area contributed by atoms with Gasteiger partial charge in [-0.25, -0.2) is 0 Å². The molecule has 0 radical (unpaired) electrons. The maximum atomic E-state index is 5.70. The average Bonchev–Trinajstić information content (AvgIpc) is 2.70. The van der Waals surface area contributed by atoms with E-state index in [9.17, 15) is 0 Å². The molecule has 1 aromatic heterocycles. The molecule has 0 bridgehead atoms. The van der Waals surface area contributed by atoms with Gasteiger partial charge in [-0.2, -0.15) is 0 Å². The fourth-order valence-electron chi connectivity index (χ4n) is 2.60. The van der Waals surface area contributed by atoms with Gasteiger partial charge in [0.2, 0.25) is 0 Å². The number of thiocarbonyl (C=S) groups is 1. The van der Waals surface area contributed by atoms with E-state index in [1.54, 1.807) is 13.3 Å². The average molecular weight is 442 g/mol. The zero-order valence-corrected chi connectivity index (χ0v) is 17.3. The van der Waals surface area contributed by atoms with E-state index < -0.39 is 0 Å². The molecule has 1 N–H and O–H groups in total. The SMILES string of the molecule is COc1ccc(CN(Cc2cccnc2)C(=S)Nc2ccc(Br)cc2)cc1. The summed E-state index contributed by atoms with van der Waals surface area (Å²) in [6.07, 6.45) is 3.64. The zero-order valence-electron chi connectivity index (χ0n) is 14.9. The lowest BCUT2D eigenvalue weighted by Gasteiger charge is -2.26. The van der Waals surface area contributed by atoms with Crippen LogP contribution in [-0.2, 0) is 13.1 Å². The fraction of sp³-hybridized carbons (Fsp3) is 0.143. The van der Waals surface area contributed by atoms with E-state index in [1.807, 2.05) is 48.7 Å². The number of hydrogen-bond donors (Lipinski definition) is 1. The number of aromatic nitrogens is 1. The Kier molecular flexibility index (Phi) is 6.79. The molecule has 0 saturated heterocycles. The van der Waals surface area contributed by atoms with Crippen molar-refractivity contribution in [2.24, 2.45) is 0 Å². The minimum Gasteiger partial charge on any atom is -0.497 e. The number of ether oxygens (including phenoxy) is 1. The Morgan fingerprint density at radius 1 is 1.04 bits per heavy atom. The quantitative estimate of drug-likeness (QED) is 0.528. The predicted molar refractivity (Wildman–Crippen MR) is 117 cm³/mol. The van der Waals surface area contributed by atoms with Gasteiger partial charge in [-0.05, 0) is 65.8 Å². The van der Waals surface area contributed by atoms with Crippen LogP contribution in [-0.4, -0.2) is 22.1 Å². The zero-order chi connectivity index (χ0) is 19.1. The van der Waals surface area contributed by atoms with Crippen LogP contribution in [0, 0.1) is 0 Å². The second-order valence-corrected chi connectivity index (χ2v) is 7.30. The topological polar surface area (TPSA) is 37.4 Å². The largest absolute Gasteiger partial charge is 0.497 e. The van der Waals surface area contributed by atoms with E-state index in [-0.39, 0.29) is 0 Å². The number of halogens is 1. The summed E-state index contributed by atoms with van der Waals surface area (Å²) >= 11 is 9.15. The summed E-state index contributed by atoms with van der Waals surface area (Å²) in [4.78, 5) is 6.33.